The summed E-state index contributed by atoms with van der Waals surface area (Å²) in [6.45, 7) is 6.79. The molecule has 1 saturated heterocycles. The van der Waals surface area contributed by atoms with Crippen LogP contribution in [0.2, 0.25) is 0 Å². The number of carbonyl (C=O) groups is 1. The van der Waals surface area contributed by atoms with Crippen molar-refractivity contribution < 1.29 is 9.53 Å². The molecule has 1 amide bonds. The predicted octanol–water partition coefficient (Wildman–Crippen LogP) is 4.40. The maximum Gasteiger partial charge on any atom is 0.248 e. The van der Waals surface area contributed by atoms with Crippen LogP contribution in [0.1, 0.15) is 0 Å². The van der Waals surface area contributed by atoms with E-state index < -0.39 is 0 Å². The van der Waals surface area contributed by atoms with E-state index in [4.69, 9.17) is 9.72 Å². The van der Waals surface area contributed by atoms with Crippen molar-refractivity contribution >= 4 is 40.0 Å². The minimum Gasteiger partial charge on any atom is -0.378 e. The van der Waals surface area contributed by atoms with Crippen LogP contribution in [0.15, 0.2) is 79.5 Å². The number of hydrogen-bond donors (Lipinski definition) is 2. The first-order valence-electron chi connectivity index (χ1n) is 11.1. The molecular formula is C26H24N6O2. The first-order chi connectivity index (χ1) is 16.7. The lowest BCUT2D eigenvalue weighted by atomic mass is 10.1. The average molecular weight is 453 g/mol. The number of carbonyl (C=O) groups excluding carboxylic acids is 1. The fourth-order valence-electron chi connectivity index (χ4n) is 3.86. The third-order valence-corrected chi connectivity index (χ3v) is 5.57. The Morgan fingerprint density at radius 1 is 1.00 bits per heavy atom. The lowest BCUT2D eigenvalue weighted by molar-refractivity contribution is -0.111. The second-order valence-corrected chi connectivity index (χ2v) is 7.81. The van der Waals surface area contributed by atoms with E-state index in [1.54, 1.807) is 12.3 Å². The number of benzene rings is 2. The van der Waals surface area contributed by atoms with E-state index in [-0.39, 0.29) is 5.91 Å². The van der Waals surface area contributed by atoms with Gasteiger partial charge in [0.25, 0.3) is 0 Å². The number of hydrogen-bond acceptors (Lipinski definition) is 7. The Morgan fingerprint density at radius 2 is 1.79 bits per heavy atom. The lowest BCUT2D eigenvalue weighted by Gasteiger charge is -2.28. The van der Waals surface area contributed by atoms with Gasteiger partial charge in [-0.15, -0.1) is 0 Å². The molecule has 0 saturated carbocycles. The second-order valence-electron chi connectivity index (χ2n) is 7.81. The summed E-state index contributed by atoms with van der Waals surface area (Å²) in [5.41, 5.74) is 4.39. The first kappa shape index (κ1) is 21.5. The van der Waals surface area contributed by atoms with Gasteiger partial charge in [-0.2, -0.15) is 0 Å². The van der Waals surface area contributed by atoms with E-state index in [0.717, 1.165) is 48.5 Å². The first-order valence-corrected chi connectivity index (χ1v) is 11.1. The molecule has 8 heteroatoms. The van der Waals surface area contributed by atoms with Gasteiger partial charge < -0.3 is 20.3 Å². The number of nitrogens with zero attached hydrogens (tertiary/aromatic N) is 4. The van der Waals surface area contributed by atoms with Crippen molar-refractivity contribution in [3.05, 3.63) is 79.5 Å². The third-order valence-electron chi connectivity index (χ3n) is 5.57. The molecule has 0 bridgehead atoms. The van der Waals surface area contributed by atoms with Crippen LogP contribution in [-0.2, 0) is 9.53 Å². The molecule has 3 heterocycles. The minimum atomic E-state index is -0.309. The number of fused-ring (bicyclic) bond motifs is 1. The summed E-state index contributed by atoms with van der Waals surface area (Å²) < 4.78 is 5.43. The molecule has 0 radical (unpaired) electrons. The van der Waals surface area contributed by atoms with Gasteiger partial charge in [0.05, 0.1) is 24.4 Å². The fraction of sp³-hybridized carbons (Fsp3) is 0.154. The zero-order valence-electron chi connectivity index (χ0n) is 18.6. The normalized spacial score (nSPS) is 13.5. The molecule has 8 nitrogen and oxygen atoms in total. The predicted molar refractivity (Wildman–Crippen MR) is 134 cm³/mol. The highest BCUT2D eigenvalue weighted by atomic mass is 16.5. The molecule has 0 unspecified atom stereocenters. The Bertz CT molecular complexity index is 1330. The number of pyridine rings is 1. The molecule has 1 aliphatic heterocycles. The van der Waals surface area contributed by atoms with Gasteiger partial charge in [0.1, 0.15) is 5.82 Å². The average Bonchev–Trinajstić information content (AvgIpc) is 2.89. The highest BCUT2D eigenvalue weighted by Gasteiger charge is 2.12. The molecule has 1 fully saturated rings. The van der Waals surface area contributed by atoms with E-state index in [2.05, 4.69) is 44.2 Å². The summed E-state index contributed by atoms with van der Waals surface area (Å²) in [5, 5.41) is 6.89. The Hall–Kier alpha value is -4.30. The van der Waals surface area contributed by atoms with Gasteiger partial charge in [-0.1, -0.05) is 30.8 Å². The monoisotopic (exact) mass is 452 g/mol. The van der Waals surface area contributed by atoms with Crippen molar-refractivity contribution in [3.63, 3.8) is 0 Å². The van der Waals surface area contributed by atoms with Crippen LogP contribution >= 0.6 is 0 Å². The van der Waals surface area contributed by atoms with Crippen LogP contribution in [0.3, 0.4) is 0 Å². The fourth-order valence-corrected chi connectivity index (χ4v) is 3.86. The zero-order valence-corrected chi connectivity index (χ0v) is 18.6. The van der Waals surface area contributed by atoms with E-state index in [1.165, 1.54) is 11.8 Å². The Kier molecular flexibility index (Phi) is 6.13. The number of para-hydroxylation sites is 1. The van der Waals surface area contributed by atoms with Crippen molar-refractivity contribution in [2.75, 3.05) is 41.8 Å². The maximum absolute atomic E-state index is 11.7. The van der Waals surface area contributed by atoms with Crippen molar-refractivity contribution in [3.8, 4) is 11.3 Å². The molecule has 0 spiro atoms. The quantitative estimate of drug-likeness (QED) is 0.419. The second kappa shape index (κ2) is 9.68. The van der Waals surface area contributed by atoms with Gasteiger partial charge in [-0.25, -0.2) is 15.0 Å². The number of aromatic nitrogens is 3. The van der Waals surface area contributed by atoms with Crippen molar-refractivity contribution in [1.29, 1.82) is 0 Å². The molecule has 1 aliphatic rings. The van der Waals surface area contributed by atoms with Crippen LogP contribution in [0.25, 0.3) is 22.2 Å². The topological polar surface area (TPSA) is 92.3 Å². The van der Waals surface area contributed by atoms with Gasteiger partial charge in [-0.05, 0) is 42.5 Å². The third kappa shape index (κ3) is 4.72. The van der Waals surface area contributed by atoms with Crippen molar-refractivity contribution in [2.24, 2.45) is 0 Å². The number of rotatable bonds is 6. The van der Waals surface area contributed by atoms with Gasteiger partial charge in [-0.3, -0.25) is 4.79 Å². The summed E-state index contributed by atoms with van der Waals surface area (Å²) in [7, 11) is 0. The van der Waals surface area contributed by atoms with Crippen LogP contribution in [0.5, 0.6) is 0 Å². The van der Waals surface area contributed by atoms with Crippen molar-refractivity contribution in [1.82, 2.24) is 15.0 Å². The molecule has 0 aliphatic carbocycles. The Balaban J connectivity index is 1.41. The van der Waals surface area contributed by atoms with Crippen molar-refractivity contribution in [2.45, 2.75) is 0 Å². The number of nitrogens with one attached hydrogen (secondary N) is 2. The Morgan fingerprint density at radius 3 is 2.59 bits per heavy atom. The lowest BCUT2D eigenvalue weighted by Crippen LogP contribution is -2.36. The van der Waals surface area contributed by atoms with E-state index in [1.807, 2.05) is 42.5 Å². The van der Waals surface area contributed by atoms with Crippen LogP contribution in [-0.4, -0.2) is 47.2 Å². The maximum atomic E-state index is 11.7. The molecule has 5 rings (SSSR count). The summed E-state index contributed by atoms with van der Waals surface area (Å²) in [5.74, 6) is 0.637. The molecule has 0 atom stereocenters. The van der Waals surface area contributed by atoms with E-state index in [9.17, 15) is 4.79 Å². The molecule has 4 aromatic rings. The molecule has 2 aromatic carbocycles. The van der Waals surface area contributed by atoms with Gasteiger partial charge in [0.15, 0.2) is 0 Å². The number of amides is 1. The highest BCUT2D eigenvalue weighted by molar-refractivity contribution is 5.98. The standard InChI is InChI=1S/C26H24N6O2/c1-2-24(33)30-23-8-4-7-22(29-23)21-6-3-5-18-17-27-26(31-25(18)21)28-19-9-11-20(12-10-19)32-13-15-34-16-14-32/h2-12,17H,1,13-16H2,(H,27,28,31)(H,29,30,33). The summed E-state index contributed by atoms with van der Waals surface area (Å²) in [6, 6.07) is 19.6. The largest absolute Gasteiger partial charge is 0.378 e. The number of ether oxygens (including phenoxy) is 1. The molecule has 34 heavy (non-hydrogen) atoms. The van der Waals surface area contributed by atoms with Crippen LogP contribution in [0, 0.1) is 0 Å². The highest BCUT2D eigenvalue weighted by Crippen LogP contribution is 2.28. The molecular weight excluding hydrogens is 428 g/mol. The van der Waals surface area contributed by atoms with Gasteiger partial charge in [0.2, 0.25) is 11.9 Å². The summed E-state index contributed by atoms with van der Waals surface area (Å²) in [4.78, 5) is 27.8. The van der Waals surface area contributed by atoms with Gasteiger partial charge in [0, 0.05) is 41.6 Å². The van der Waals surface area contributed by atoms with E-state index in [0.29, 0.717) is 17.5 Å². The zero-order chi connectivity index (χ0) is 23.3. The smallest absolute Gasteiger partial charge is 0.248 e. The summed E-state index contributed by atoms with van der Waals surface area (Å²) in [6.07, 6.45) is 3.00. The SMILES string of the molecule is C=CC(=O)Nc1cccc(-c2cccc3cnc(Nc4ccc(N5CCOCC5)cc4)nc23)n1. The minimum absolute atomic E-state index is 0.309. The molecule has 2 N–H and O–H groups in total. The number of anilines is 4. The van der Waals surface area contributed by atoms with E-state index >= 15 is 0 Å². The molecule has 2 aromatic heterocycles. The van der Waals surface area contributed by atoms with Crippen LogP contribution in [0.4, 0.5) is 23.1 Å². The molecule has 170 valence electrons. The number of morpholine rings is 1. The Labute approximate surface area is 197 Å². The van der Waals surface area contributed by atoms with Gasteiger partial charge >= 0.3 is 0 Å². The summed E-state index contributed by atoms with van der Waals surface area (Å²) >= 11 is 0. The van der Waals surface area contributed by atoms with Crippen LogP contribution < -0.4 is 15.5 Å².